The van der Waals surface area contributed by atoms with Crippen LogP contribution in [0.1, 0.15) is 44.7 Å². The van der Waals surface area contributed by atoms with Gasteiger partial charge < -0.3 is 0 Å². The van der Waals surface area contributed by atoms with E-state index in [1.807, 2.05) is 11.6 Å². The minimum Gasteiger partial charge on any atom is -0.245 e. The minimum atomic E-state index is 0.191. The molecule has 1 rings (SSSR count). The highest BCUT2D eigenvalue weighted by atomic mass is 32.1. The molecule has 2 unspecified atom stereocenters. The second-order valence-corrected chi connectivity index (χ2v) is 4.54. The fraction of sp³-hybridized carbons (Fsp3) is 0.778. The van der Waals surface area contributed by atoms with Crippen molar-refractivity contribution in [2.75, 3.05) is 0 Å². The lowest BCUT2D eigenvalue weighted by atomic mass is 10.1. The lowest BCUT2D eigenvalue weighted by Gasteiger charge is -2.18. The summed E-state index contributed by atoms with van der Waals surface area (Å²) < 4.78 is 1.96. The molecule has 1 heterocycles. The van der Waals surface area contributed by atoms with Crippen molar-refractivity contribution in [3.63, 3.8) is 0 Å². The number of aromatic nitrogens is 3. The van der Waals surface area contributed by atoms with Crippen molar-refractivity contribution in [2.24, 2.45) is 5.92 Å². The summed E-state index contributed by atoms with van der Waals surface area (Å²) in [5, 5.41) is 8.18. The van der Waals surface area contributed by atoms with Gasteiger partial charge in [-0.05, 0) is 19.8 Å². The Morgan fingerprint density at radius 1 is 1.31 bits per heavy atom. The molecule has 0 aliphatic heterocycles. The number of hydrogen-bond donors (Lipinski definition) is 1. The zero-order valence-electron chi connectivity index (χ0n) is 8.60. The molecule has 0 amide bonds. The largest absolute Gasteiger partial charge is 0.245 e. The van der Waals surface area contributed by atoms with Gasteiger partial charge in [0.1, 0.15) is 0 Å². The van der Waals surface area contributed by atoms with Crippen LogP contribution in [0.3, 0.4) is 0 Å². The predicted molar refractivity (Wildman–Crippen MR) is 57.0 cm³/mol. The highest BCUT2D eigenvalue weighted by Crippen LogP contribution is 2.23. The SMILES string of the molecule is CC(S)c1cnnn1C(C)C(C)C. The first-order valence-corrected chi connectivity index (χ1v) is 5.13. The summed E-state index contributed by atoms with van der Waals surface area (Å²) >= 11 is 4.39. The van der Waals surface area contributed by atoms with Gasteiger partial charge in [0.25, 0.3) is 0 Å². The van der Waals surface area contributed by atoms with Crippen molar-refractivity contribution in [3.05, 3.63) is 11.9 Å². The van der Waals surface area contributed by atoms with Crippen LogP contribution in [0.5, 0.6) is 0 Å². The summed E-state index contributed by atoms with van der Waals surface area (Å²) in [6.07, 6.45) is 1.79. The van der Waals surface area contributed by atoms with Gasteiger partial charge in [0.2, 0.25) is 0 Å². The Hall–Kier alpha value is -0.510. The van der Waals surface area contributed by atoms with Gasteiger partial charge in [-0.3, -0.25) is 0 Å². The Morgan fingerprint density at radius 3 is 2.38 bits per heavy atom. The van der Waals surface area contributed by atoms with Crippen LogP contribution < -0.4 is 0 Å². The van der Waals surface area contributed by atoms with Gasteiger partial charge in [0.05, 0.1) is 17.9 Å². The second kappa shape index (κ2) is 4.13. The van der Waals surface area contributed by atoms with E-state index in [9.17, 15) is 0 Å². The van der Waals surface area contributed by atoms with E-state index in [2.05, 4.69) is 43.7 Å². The minimum absolute atomic E-state index is 0.191. The Bertz CT molecular complexity index is 268. The molecule has 0 aromatic carbocycles. The van der Waals surface area contributed by atoms with Crippen LogP contribution in [-0.4, -0.2) is 15.0 Å². The predicted octanol–water partition coefficient (Wildman–Crippen LogP) is 2.49. The van der Waals surface area contributed by atoms with Crippen molar-refractivity contribution in [1.29, 1.82) is 0 Å². The number of rotatable bonds is 3. The standard InChI is InChI=1S/C9H17N3S/c1-6(2)7(3)12-9(8(4)13)5-10-11-12/h5-8,13H,1-4H3. The first-order valence-electron chi connectivity index (χ1n) is 4.62. The summed E-state index contributed by atoms with van der Waals surface area (Å²) in [6.45, 7) is 8.54. The molecule has 0 aliphatic rings. The monoisotopic (exact) mass is 199 g/mol. The van der Waals surface area contributed by atoms with Crippen LogP contribution in [0.4, 0.5) is 0 Å². The van der Waals surface area contributed by atoms with Gasteiger partial charge in [-0.15, -0.1) is 5.10 Å². The summed E-state index contributed by atoms with van der Waals surface area (Å²) in [5.74, 6) is 0.563. The van der Waals surface area contributed by atoms with E-state index < -0.39 is 0 Å². The van der Waals surface area contributed by atoms with Crippen molar-refractivity contribution in [2.45, 2.75) is 39.0 Å². The summed E-state index contributed by atoms with van der Waals surface area (Å²) in [5.41, 5.74) is 1.09. The van der Waals surface area contributed by atoms with Gasteiger partial charge in [-0.25, -0.2) is 4.68 Å². The quantitative estimate of drug-likeness (QED) is 0.758. The van der Waals surface area contributed by atoms with E-state index in [0.717, 1.165) is 5.69 Å². The van der Waals surface area contributed by atoms with E-state index >= 15 is 0 Å². The van der Waals surface area contributed by atoms with E-state index in [-0.39, 0.29) is 5.25 Å². The molecule has 0 radical (unpaired) electrons. The van der Waals surface area contributed by atoms with Crippen LogP contribution in [-0.2, 0) is 0 Å². The van der Waals surface area contributed by atoms with Gasteiger partial charge in [-0.1, -0.05) is 19.1 Å². The molecule has 0 spiro atoms. The molecule has 0 aliphatic carbocycles. The fourth-order valence-corrected chi connectivity index (χ4v) is 1.33. The van der Waals surface area contributed by atoms with E-state index in [1.54, 1.807) is 6.20 Å². The first kappa shape index (κ1) is 10.6. The van der Waals surface area contributed by atoms with Crippen LogP contribution >= 0.6 is 12.6 Å². The zero-order chi connectivity index (χ0) is 10.0. The van der Waals surface area contributed by atoms with Gasteiger partial charge in [-0.2, -0.15) is 12.6 Å². The van der Waals surface area contributed by atoms with Crippen LogP contribution in [0.2, 0.25) is 0 Å². The molecule has 0 N–H and O–H groups in total. The summed E-state index contributed by atoms with van der Waals surface area (Å²) in [7, 11) is 0. The Labute approximate surface area is 84.9 Å². The summed E-state index contributed by atoms with van der Waals surface area (Å²) in [6, 6.07) is 0.382. The molecular weight excluding hydrogens is 182 g/mol. The molecule has 13 heavy (non-hydrogen) atoms. The molecule has 1 aromatic rings. The normalized spacial score (nSPS) is 16.2. The van der Waals surface area contributed by atoms with E-state index in [4.69, 9.17) is 0 Å². The Kier molecular flexibility index (Phi) is 3.36. The van der Waals surface area contributed by atoms with Crippen LogP contribution in [0.25, 0.3) is 0 Å². The fourth-order valence-electron chi connectivity index (χ4n) is 1.15. The summed E-state index contributed by atoms with van der Waals surface area (Å²) in [4.78, 5) is 0. The molecule has 74 valence electrons. The Balaban J connectivity index is 2.93. The van der Waals surface area contributed by atoms with Crippen LogP contribution in [0.15, 0.2) is 6.20 Å². The number of nitrogens with zero attached hydrogens (tertiary/aromatic N) is 3. The van der Waals surface area contributed by atoms with Crippen molar-refractivity contribution in [1.82, 2.24) is 15.0 Å². The molecule has 0 fully saturated rings. The molecule has 3 nitrogen and oxygen atoms in total. The third kappa shape index (κ3) is 2.24. The average molecular weight is 199 g/mol. The zero-order valence-corrected chi connectivity index (χ0v) is 9.49. The highest BCUT2D eigenvalue weighted by molar-refractivity contribution is 7.80. The lowest BCUT2D eigenvalue weighted by Crippen LogP contribution is -2.16. The number of hydrogen-bond acceptors (Lipinski definition) is 3. The molecule has 2 atom stereocenters. The Morgan fingerprint density at radius 2 is 1.92 bits per heavy atom. The van der Waals surface area contributed by atoms with E-state index in [1.165, 1.54) is 0 Å². The van der Waals surface area contributed by atoms with Gasteiger partial charge in [0.15, 0.2) is 0 Å². The third-order valence-electron chi connectivity index (χ3n) is 2.38. The van der Waals surface area contributed by atoms with Crippen molar-refractivity contribution < 1.29 is 0 Å². The third-order valence-corrected chi connectivity index (χ3v) is 2.65. The smallest absolute Gasteiger partial charge is 0.0736 e. The van der Waals surface area contributed by atoms with Crippen molar-refractivity contribution >= 4 is 12.6 Å². The maximum absolute atomic E-state index is 4.39. The van der Waals surface area contributed by atoms with E-state index in [0.29, 0.717) is 12.0 Å². The van der Waals surface area contributed by atoms with Crippen molar-refractivity contribution in [3.8, 4) is 0 Å². The molecular formula is C9H17N3S. The maximum Gasteiger partial charge on any atom is 0.0736 e. The highest BCUT2D eigenvalue weighted by Gasteiger charge is 2.16. The number of thiol groups is 1. The average Bonchev–Trinajstić information content (AvgIpc) is 2.50. The second-order valence-electron chi connectivity index (χ2n) is 3.76. The lowest BCUT2D eigenvalue weighted by molar-refractivity contribution is 0.358. The van der Waals surface area contributed by atoms with Crippen LogP contribution in [0, 0.1) is 5.92 Å². The molecule has 0 bridgehead atoms. The van der Waals surface area contributed by atoms with Gasteiger partial charge in [0, 0.05) is 5.25 Å². The molecule has 1 aromatic heterocycles. The van der Waals surface area contributed by atoms with Gasteiger partial charge >= 0.3 is 0 Å². The maximum atomic E-state index is 4.39. The topological polar surface area (TPSA) is 30.7 Å². The molecule has 0 saturated carbocycles. The molecule has 4 heteroatoms. The first-order chi connectivity index (χ1) is 6.04. The molecule has 0 saturated heterocycles.